The van der Waals surface area contributed by atoms with Crippen molar-refractivity contribution in [3.8, 4) is 11.1 Å². The van der Waals surface area contributed by atoms with Gasteiger partial charge in [0.15, 0.2) is 0 Å². The summed E-state index contributed by atoms with van der Waals surface area (Å²) >= 11 is 0. The van der Waals surface area contributed by atoms with Gasteiger partial charge in [0.2, 0.25) is 0 Å². The normalized spacial score (nSPS) is 10.3. The Morgan fingerprint density at radius 2 is 1.68 bits per heavy atom. The second kappa shape index (κ2) is 5.14. The number of hydrogen-bond acceptors (Lipinski definition) is 2. The lowest BCUT2D eigenvalue weighted by Crippen LogP contribution is -2.07. The molecule has 3 nitrogen and oxygen atoms in total. The molecule has 1 N–H and O–H groups in total. The van der Waals surface area contributed by atoms with Crippen LogP contribution in [0.1, 0.15) is 15.9 Å². The summed E-state index contributed by atoms with van der Waals surface area (Å²) in [5, 5.41) is 9.06. The molecule has 98 valence electrons. The molecule has 0 radical (unpaired) electrons. The SMILES string of the molecule is Cc1ccc(C(=O)O)cc1-c1ccc(N(C)C)cc1. The maximum atomic E-state index is 11.0. The van der Waals surface area contributed by atoms with Crippen LogP contribution in [0.4, 0.5) is 5.69 Å². The summed E-state index contributed by atoms with van der Waals surface area (Å²) in [6.07, 6.45) is 0. The predicted molar refractivity (Wildman–Crippen MR) is 77.9 cm³/mol. The first-order chi connectivity index (χ1) is 8.99. The molecule has 0 unspecified atom stereocenters. The average Bonchev–Trinajstić information content (AvgIpc) is 2.39. The van der Waals surface area contributed by atoms with Gasteiger partial charge in [0.25, 0.3) is 0 Å². The van der Waals surface area contributed by atoms with Crippen LogP contribution >= 0.6 is 0 Å². The number of rotatable bonds is 3. The van der Waals surface area contributed by atoms with E-state index in [9.17, 15) is 4.79 Å². The van der Waals surface area contributed by atoms with Crippen LogP contribution in [0.2, 0.25) is 0 Å². The molecule has 0 heterocycles. The summed E-state index contributed by atoms with van der Waals surface area (Å²) in [5.74, 6) is -0.897. The van der Waals surface area contributed by atoms with Gasteiger partial charge in [-0.05, 0) is 47.9 Å². The molecule has 0 aliphatic carbocycles. The maximum absolute atomic E-state index is 11.0. The first-order valence-corrected chi connectivity index (χ1v) is 6.11. The molecule has 0 aromatic heterocycles. The Morgan fingerprint density at radius 1 is 1.05 bits per heavy atom. The van der Waals surface area contributed by atoms with Crippen molar-refractivity contribution < 1.29 is 9.90 Å². The monoisotopic (exact) mass is 255 g/mol. The van der Waals surface area contributed by atoms with Crippen molar-refractivity contribution in [3.63, 3.8) is 0 Å². The predicted octanol–water partition coefficient (Wildman–Crippen LogP) is 3.43. The number of carboxylic acids is 1. The number of carbonyl (C=O) groups is 1. The summed E-state index contributed by atoms with van der Waals surface area (Å²) < 4.78 is 0. The molecule has 0 aliphatic rings. The lowest BCUT2D eigenvalue weighted by Gasteiger charge is -2.13. The van der Waals surface area contributed by atoms with E-state index in [1.165, 1.54) is 0 Å². The van der Waals surface area contributed by atoms with Crippen molar-refractivity contribution >= 4 is 11.7 Å². The van der Waals surface area contributed by atoms with E-state index >= 15 is 0 Å². The number of aryl methyl sites for hydroxylation is 1. The van der Waals surface area contributed by atoms with E-state index in [2.05, 4.69) is 0 Å². The molecule has 0 saturated heterocycles. The van der Waals surface area contributed by atoms with E-state index in [0.717, 1.165) is 22.4 Å². The Balaban J connectivity index is 2.46. The number of hydrogen-bond donors (Lipinski definition) is 1. The minimum absolute atomic E-state index is 0.317. The van der Waals surface area contributed by atoms with E-state index < -0.39 is 5.97 Å². The molecular weight excluding hydrogens is 238 g/mol. The van der Waals surface area contributed by atoms with Gasteiger partial charge in [-0.1, -0.05) is 18.2 Å². The molecule has 2 rings (SSSR count). The zero-order valence-electron chi connectivity index (χ0n) is 11.3. The quantitative estimate of drug-likeness (QED) is 0.913. The van der Waals surface area contributed by atoms with E-state index in [1.807, 2.05) is 56.3 Å². The van der Waals surface area contributed by atoms with Gasteiger partial charge in [-0.2, -0.15) is 0 Å². The Morgan fingerprint density at radius 3 is 2.21 bits per heavy atom. The number of anilines is 1. The van der Waals surface area contributed by atoms with Crippen LogP contribution < -0.4 is 4.90 Å². The molecule has 3 heteroatoms. The van der Waals surface area contributed by atoms with Crippen LogP contribution in [0.5, 0.6) is 0 Å². The summed E-state index contributed by atoms with van der Waals surface area (Å²) in [4.78, 5) is 13.1. The highest BCUT2D eigenvalue weighted by Crippen LogP contribution is 2.26. The van der Waals surface area contributed by atoms with Crippen LogP contribution in [-0.4, -0.2) is 25.2 Å². The number of benzene rings is 2. The van der Waals surface area contributed by atoms with Crippen LogP contribution in [0, 0.1) is 6.92 Å². The molecule has 0 saturated carbocycles. The lowest BCUT2D eigenvalue weighted by atomic mass is 9.98. The summed E-state index contributed by atoms with van der Waals surface area (Å²) in [7, 11) is 3.98. The minimum Gasteiger partial charge on any atom is -0.478 e. The molecule has 0 aliphatic heterocycles. The number of nitrogens with zero attached hydrogens (tertiary/aromatic N) is 1. The highest BCUT2D eigenvalue weighted by molar-refractivity contribution is 5.90. The highest BCUT2D eigenvalue weighted by atomic mass is 16.4. The molecule has 0 fully saturated rings. The lowest BCUT2D eigenvalue weighted by molar-refractivity contribution is 0.0697. The van der Waals surface area contributed by atoms with E-state index in [4.69, 9.17) is 5.11 Å². The second-order valence-electron chi connectivity index (χ2n) is 4.78. The third kappa shape index (κ3) is 2.76. The van der Waals surface area contributed by atoms with E-state index in [-0.39, 0.29) is 0 Å². The maximum Gasteiger partial charge on any atom is 0.335 e. The van der Waals surface area contributed by atoms with Crippen LogP contribution in [-0.2, 0) is 0 Å². The van der Waals surface area contributed by atoms with Gasteiger partial charge >= 0.3 is 5.97 Å². The standard InChI is InChI=1S/C16H17NO2/c1-11-4-5-13(16(18)19)10-15(11)12-6-8-14(9-7-12)17(2)3/h4-10H,1-3H3,(H,18,19). The fourth-order valence-corrected chi connectivity index (χ4v) is 2.01. The highest BCUT2D eigenvalue weighted by Gasteiger charge is 2.08. The fraction of sp³-hybridized carbons (Fsp3) is 0.188. The van der Waals surface area contributed by atoms with E-state index in [1.54, 1.807) is 12.1 Å². The van der Waals surface area contributed by atoms with Crippen molar-refractivity contribution in [1.82, 2.24) is 0 Å². The largest absolute Gasteiger partial charge is 0.478 e. The fourth-order valence-electron chi connectivity index (χ4n) is 2.01. The Hall–Kier alpha value is -2.29. The Bertz CT molecular complexity index is 601. The van der Waals surface area contributed by atoms with Crippen molar-refractivity contribution in [2.24, 2.45) is 0 Å². The second-order valence-corrected chi connectivity index (χ2v) is 4.78. The third-order valence-electron chi connectivity index (χ3n) is 3.18. The third-order valence-corrected chi connectivity index (χ3v) is 3.18. The van der Waals surface area contributed by atoms with Gasteiger partial charge in [-0.15, -0.1) is 0 Å². The van der Waals surface area contributed by atoms with Crippen LogP contribution in [0.15, 0.2) is 42.5 Å². The molecule has 19 heavy (non-hydrogen) atoms. The van der Waals surface area contributed by atoms with E-state index in [0.29, 0.717) is 5.56 Å². The smallest absolute Gasteiger partial charge is 0.335 e. The van der Waals surface area contributed by atoms with Gasteiger partial charge in [-0.3, -0.25) is 0 Å². The number of aromatic carboxylic acids is 1. The average molecular weight is 255 g/mol. The van der Waals surface area contributed by atoms with Crippen molar-refractivity contribution in [2.75, 3.05) is 19.0 Å². The summed E-state index contributed by atoms with van der Waals surface area (Å²) in [5.41, 5.74) is 4.51. The molecule has 0 atom stereocenters. The van der Waals surface area contributed by atoms with Gasteiger partial charge in [0.1, 0.15) is 0 Å². The van der Waals surface area contributed by atoms with Crippen molar-refractivity contribution in [2.45, 2.75) is 6.92 Å². The molecule has 0 bridgehead atoms. The van der Waals surface area contributed by atoms with Gasteiger partial charge in [-0.25, -0.2) is 4.79 Å². The first kappa shape index (κ1) is 13.1. The topological polar surface area (TPSA) is 40.5 Å². The zero-order valence-corrected chi connectivity index (χ0v) is 11.3. The molecule has 2 aromatic carbocycles. The van der Waals surface area contributed by atoms with Gasteiger partial charge < -0.3 is 10.0 Å². The molecule has 2 aromatic rings. The van der Waals surface area contributed by atoms with Crippen molar-refractivity contribution in [3.05, 3.63) is 53.6 Å². The summed E-state index contributed by atoms with van der Waals surface area (Å²) in [6, 6.07) is 13.3. The number of carboxylic acid groups (broad SMARTS) is 1. The molecule has 0 amide bonds. The molecule has 0 spiro atoms. The Kier molecular flexibility index (Phi) is 3.56. The Labute approximate surface area is 113 Å². The molecular formula is C16H17NO2. The minimum atomic E-state index is -0.897. The summed E-state index contributed by atoms with van der Waals surface area (Å²) in [6.45, 7) is 1.99. The van der Waals surface area contributed by atoms with Crippen LogP contribution in [0.3, 0.4) is 0 Å². The van der Waals surface area contributed by atoms with Gasteiger partial charge in [0, 0.05) is 19.8 Å². The van der Waals surface area contributed by atoms with Crippen molar-refractivity contribution in [1.29, 1.82) is 0 Å². The zero-order chi connectivity index (χ0) is 14.0. The van der Waals surface area contributed by atoms with Gasteiger partial charge in [0.05, 0.1) is 5.56 Å². The first-order valence-electron chi connectivity index (χ1n) is 6.11. The van der Waals surface area contributed by atoms with Crippen LogP contribution in [0.25, 0.3) is 11.1 Å².